The van der Waals surface area contributed by atoms with Gasteiger partial charge in [0, 0.05) is 42.2 Å². The Bertz CT molecular complexity index is 585. The largest absolute Gasteiger partial charge is 0.497 e. The highest BCUT2D eigenvalue weighted by atomic mass is 16.5. The predicted molar refractivity (Wildman–Crippen MR) is 77.7 cm³/mol. The van der Waals surface area contributed by atoms with Crippen molar-refractivity contribution < 1.29 is 9.53 Å². The van der Waals surface area contributed by atoms with E-state index in [9.17, 15) is 4.79 Å². The second-order valence-electron chi connectivity index (χ2n) is 4.32. The first kappa shape index (κ1) is 13.9. The highest BCUT2D eigenvalue weighted by Crippen LogP contribution is 2.18. The summed E-state index contributed by atoms with van der Waals surface area (Å²) in [6.07, 6.45) is 2.42. The number of hydrogen-bond acceptors (Lipinski definition) is 4. The number of anilines is 1. The van der Waals surface area contributed by atoms with Crippen LogP contribution in [0.3, 0.4) is 0 Å². The Morgan fingerprint density at radius 2 is 2.20 bits per heavy atom. The molecule has 1 heterocycles. The molecule has 0 saturated carbocycles. The van der Waals surface area contributed by atoms with E-state index in [-0.39, 0.29) is 5.91 Å². The molecule has 0 aliphatic carbocycles. The van der Waals surface area contributed by atoms with Gasteiger partial charge in [-0.15, -0.1) is 0 Å². The summed E-state index contributed by atoms with van der Waals surface area (Å²) in [4.78, 5) is 16.2. The molecule has 2 rings (SSSR count). The van der Waals surface area contributed by atoms with Crippen LogP contribution in [-0.4, -0.2) is 24.5 Å². The zero-order chi connectivity index (χ0) is 14.4. The summed E-state index contributed by atoms with van der Waals surface area (Å²) in [7, 11) is 1.54. The number of rotatable bonds is 5. The van der Waals surface area contributed by atoms with Gasteiger partial charge in [-0.2, -0.15) is 0 Å². The van der Waals surface area contributed by atoms with Crippen molar-refractivity contribution in [3.63, 3.8) is 0 Å². The van der Waals surface area contributed by atoms with E-state index in [0.29, 0.717) is 30.0 Å². The van der Waals surface area contributed by atoms with Crippen LogP contribution in [0.25, 0.3) is 0 Å². The molecule has 0 aliphatic rings. The van der Waals surface area contributed by atoms with Crippen LogP contribution < -0.4 is 15.8 Å². The van der Waals surface area contributed by atoms with Gasteiger partial charge in [-0.25, -0.2) is 0 Å². The van der Waals surface area contributed by atoms with Crippen molar-refractivity contribution in [2.75, 3.05) is 19.4 Å². The van der Waals surface area contributed by atoms with Gasteiger partial charge in [0.25, 0.3) is 5.91 Å². The van der Waals surface area contributed by atoms with Crippen LogP contribution in [0.2, 0.25) is 0 Å². The van der Waals surface area contributed by atoms with E-state index in [2.05, 4.69) is 10.3 Å². The number of nitrogens with zero attached hydrogens (tertiary/aromatic N) is 1. The molecule has 1 amide bonds. The molecule has 104 valence electrons. The van der Waals surface area contributed by atoms with Gasteiger partial charge in [-0.3, -0.25) is 9.78 Å². The maximum absolute atomic E-state index is 12.0. The van der Waals surface area contributed by atoms with Crippen LogP contribution in [0.1, 0.15) is 16.1 Å². The lowest BCUT2D eigenvalue weighted by Crippen LogP contribution is -2.26. The molecule has 2 aromatic rings. The first-order valence-electron chi connectivity index (χ1n) is 6.31. The van der Waals surface area contributed by atoms with Gasteiger partial charge in [0.15, 0.2) is 0 Å². The van der Waals surface area contributed by atoms with Crippen molar-refractivity contribution in [1.29, 1.82) is 0 Å². The maximum atomic E-state index is 12.0. The van der Waals surface area contributed by atoms with E-state index in [1.165, 1.54) is 7.11 Å². The number of pyridine rings is 1. The average molecular weight is 271 g/mol. The fourth-order valence-corrected chi connectivity index (χ4v) is 1.82. The fraction of sp³-hybridized carbons (Fsp3) is 0.200. The zero-order valence-corrected chi connectivity index (χ0v) is 11.3. The molecule has 0 atom stereocenters. The molecular weight excluding hydrogens is 254 g/mol. The number of methoxy groups -OCH3 is 1. The van der Waals surface area contributed by atoms with Gasteiger partial charge < -0.3 is 15.8 Å². The molecule has 0 aliphatic heterocycles. The standard InChI is InChI=1S/C15H17N3O2/c1-20-14-9-11(8-12(16)10-14)15(19)18-7-5-13-4-2-3-6-17-13/h2-4,6,8-10H,5,7,16H2,1H3,(H,18,19). The molecule has 0 unspecified atom stereocenters. The predicted octanol–water partition coefficient (Wildman–Crippen LogP) is 1.64. The Labute approximate surface area is 117 Å². The van der Waals surface area contributed by atoms with Crippen LogP contribution >= 0.6 is 0 Å². The van der Waals surface area contributed by atoms with Gasteiger partial charge >= 0.3 is 0 Å². The molecule has 1 aromatic carbocycles. The van der Waals surface area contributed by atoms with Gasteiger partial charge in [-0.05, 0) is 24.3 Å². The quantitative estimate of drug-likeness (QED) is 0.810. The van der Waals surface area contributed by atoms with Crippen LogP contribution in [0.15, 0.2) is 42.6 Å². The lowest BCUT2D eigenvalue weighted by atomic mass is 10.1. The van der Waals surface area contributed by atoms with Crippen molar-refractivity contribution in [3.8, 4) is 5.75 Å². The van der Waals surface area contributed by atoms with E-state index >= 15 is 0 Å². The number of carbonyl (C=O) groups is 1. The minimum Gasteiger partial charge on any atom is -0.497 e. The number of ether oxygens (including phenoxy) is 1. The number of nitrogens with two attached hydrogens (primary N) is 1. The molecule has 0 spiro atoms. The van der Waals surface area contributed by atoms with Crippen molar-refractivity contribution in [1.82, 2.24) is 10.3 Å². The van der Waals surface area contributed by atoms with Gasteiger partial charge in [-0.1, -0.05) is 6.07 Å². The third kappa shape index (κ3) is 3.71. The summed E-state index contributed by atoms with van der Waals surface area (Å²) in [5.74, 6) is 0.395. The third-order valence-electron chi connectivity index (χ3n) is 2.82. The molecule has 0 fully saturated rings. The van der Waals surface area contributed by atoms with Gasteiger partial charge in [0.1, 0.15) is 5.75 Å². The zero-order valence-electron chi connectivity index (χ0n) is 11.3. The van der Waals surface area contributed by atoms with Crippen LogP contribution in [-0.2, 0) is 6.42 Å². The van der Waals surface area contributed by atoms with E-state index in [4.69, 9.17) is 10.5 Å². The first-order valence-corrected chi connectivity index (χ1v) is 6.31. The lowest BCUT2D eigenvalue weighted by Gasteiger charge is -2.08. The molecule has 0 radical (unpaired) electrons. The van der Waals surface area contributed by atoms with E-state index in [1.807, 2.05) is 18.2 Å². The molecule has 0 saturated heterocycles. The molecule has 1 aromatic heterocycles. The van der Waals surface area contributed by atoms with E-state index in [0.717, 1.165) is 5.69 Å². The van der Waals surface area contributed by atoms with Gasteiger partial charge in [0.05, 0.1) is 7.11 Å². The molecule has 20 heavy (non-hydrogen) atoms. The molecule has 0 bridgehead atoms. The Balaban J connectivity index is 1.93. The van der Waals surface area contributed by atoms with E-state index < -0.39 is 0 Å². The number of nitrogens with one attached hydrogen (secondary N) is 1. The fourth-order valence-electron chi connectivity index (χ4n) is 1.82. The summed E-state index contributed by atoms with van der Waals surface area (Å²) in [5, 5.41) is 2.84. The summed E-state index contributed by atoms with van der Waals surface area (Å²) in [6.45, 7) is 0.521. The van der Waals surface area contributed by atoms with Crippen LogP contribution in [0.4, 0.5) is 5.69 Å². The number of amides is 1. The van der Waals surface area contributed by atoms with Gasteiger partial charge in [0.2, 0.25) is 0 Å². The highest BCUT2D eigenvalue weighted by Gasteiger charge is 2.08. The Hall–Kier alpha value is -2.56. The minimum atomic E-state index is -0.175. The smallest absolute Gasteiger partial charge is 0.251 e. The summed E-state index contributed by atoms with van der Waals surface area (Å²) in [5.41, 5.74) is 7.65. The number of carbonyl (C=O) groups excluding carboxylic acids is 1. The number of nitrogen functional groups attached to an aromatic ring is 1. The number of hydrogen-bond donors (Lipinski definition) is 2. The average Bonchev–Trinajstić information content (AvgIpc) is 2.47. The molecule has 3 N–H and O–H groups in total. The topological polar surface area (TPSA) is 77.2 Å². The normalized spacial score (nSPS) is 10.1. The van der Waals surface area contributed by atoms with Crippen LogP contribution in [0.5, 0.6) is 5.75 Å². The summed E-state index contributed by atoms with van der Waals surface area (Å²) in [6, 6.07) is 10.7. The van der Waals surface area contributed by atoms with E-state index in [1.54, 1.807) is 24.4 Å². The molecule has 5 heteroatoms. The first-order chi connectivity index (χ1) is 9.69. The number of aromatic nitrogens is 1. The molecule has 5 nitrogen and oxygen atoms in total. The Kier molecular flexibility index (Phi) is 4.55. The molecular formula is C15H17N3O2. The Morgan fingerprint density at radius 1 is 1.35 bits per heavy atom. The van der Waals surface area contributed by atoms with Crippen molar-refractivity contribution in [2.24, 2.45) is 0 Å². The SMILES string of the molecule is COc1cc(N)cc(C(=O)NCCc2ccccn2)c1. The second kappa shape index (κ2) is 6.56. The Morgan fingerprint density at radius 3 is 2.90 bits per heavy atom. The second-order valence-corrected chi connectivity index (χ2v) is 4.32. The van der Waals surface area contributed by atoms with Crippen LogP contribution in [0, 0.1) is 0 Å². The van der Waals surface area contributed by atoms with Crippen molar-refractivity contribution in [2.45, 2.75) is 6.42 Å². The summed E-state index contributed by atoms with van der Waals surface area (Å²) >= 11 is 0. The third-order valence-corrected chi connectivity index (χ3v) is 2.82. The summed E-state index contributed by atoms with van der Waals surface area (Å²) < 4.78 is 5.09. The number of benzene rings is 1. The lowest BCUT2D eigenvalue weighted by molar-refractivity contribution is 0.0954. The van der Waals surface area contributed by atoms with Crippen molar-refractivity contribution in [3.05, 3.63) is 53.9 Å². The highest BCUT2D eigenvalue weighted by molar-refractivity contribution is 5.95. The maximum Gasteiger partial charge on any atom is 0.251 e. The van der Waals surface area contributed by atoms with Crippen molar-refractivity contribution >= 4 is 11.6 Å². The minimum absolute atomic E-state index is 0.175. The monoisotopic (exact) mass is 271 g/mol.